The molecule has 1 aliphatic rings. The fraction of sp³-hybridized carbons (Fsp3) is 0.538. The number of aliphatic carboxylic acids is 1. The maximum Gasteiger partial charge on any atom is 0.311 e. The molecular formula is C13H17NO3S. The third-order valence-electron chi connectivity index (χ3n) is 3.50. The van der Waals surface area contributed by atoms with Gasteiger partial charge in [-0.25, -0.2) is 0 Å². The molecule has 1 N–H and O–H groups in total. The highest BCUT2D eigenvalue weighted by Crippen LogP contribution is 2.30. The van der Waals surface area contributed by atoms with Gasteiger partial charge in [-0.05, 0) is 42.2 Å². The first-order valence-corrected chi connectivity index (χ1v) is 6.98. The van der Waals surface area contributed by atoms with Crippen LogP contribution in [0, 0.1) is 5.41 Å². The average molecular weight is 267 g/mol. The lowest BCUT2D eigenvalue weighted by atomic mass is 9.82. The summed E-state index contributed by atoms with van der Waals surface area (Å²) in [7, 11) is 0. The summed E-state index contributed by atoms with van der Waals surface area (Å²) in [5.74, 6) is -0.781. The molecule has 0 saturated carbocycles. The Balaban J connectivity index is 2.00. The maximum atomic E-state index is 12.1. The number of thiophene rings is 1. The van der Waals surface area contributed by atoms with Crippen LogP contribution in [0.25, 0.3) is 0 Å². The number of hydrogen-bond acceptors (Lipinski definition) is 3. The molecule has 1 aliphatic heterocycles. The number of carbonyl (C=O) groups excluding carboxylic acids is 1. The molecule has 0 spiro atoms. The van der Waals surface area contributed by atoms with Gasteiger partial charge in [0.05, 0.1) is 11.8 Å². The van der Waals surface area contributed by atoms with Crippen molar-refractivity contribution in [2.24, 2.45) is 5.41 Å². The first-order valence-electron chi connectivity index (χ1n) is 6.03. The number of nitrogens with zero attached hydrogens (tertiary/aromatic N) is 1. The Labute approximate surface area is 110 Å². The molecule has 1 unspecified atom stereocenters. The standard InChI is InChI=1S/C13H17NO3S/c1-13(12(16)17)4-2-5-14(9-13)11(15)7-10-3-6-18-8-10/h3,6,8H,2,4-5,7,9H2,1H3,(H,16,17). The highest BCUT2D eigenvalue weighted by atomic mass is 32.1. The lowest BCUT2D eigenvalue weighted by molar-refractivity contribution is -0.153. The SMILES string of the molecule is CC1(C(=O)O)CCCN(C(=O)Cc2ccsc2)C1. The molecule has 1 fully saturated rings. The van der Waals surface area contributed by atoms with Gasteiger partial charge in [-0.3, -0.25) is 9.59 Å². The Morgan fingerprint density at radius 3 is 2.94 bits per heavy atom. The molecule has 1 aromatic rings. The third-order valence-corrected chi connectivity index (χ3v) is 4.23. The minimum atomic E-state index is -0.810. The molecule has 2 heterocycles. The van der Waals surface area contributed by atoms with E-state index in [-0.39, 0.29) is 5.91 Å². The van der Waals surface area contributed by atoms with Gasteiger partial charge in [0, 0.05) is 13.1 Å². The van der Waals surface area contributed by atoms with Gasteiger partial charge in [-0.1, -0.05) is 0 Å². The summed E-state index contributed by atoms with van der Waals surface area (Å²) >= 11 is 1.57. The number of amides is 1. The highest BCUT2D eigenvalue weighted by Gasteiger charge is 2.39. The summed E-state index contributed by atoms with van der Waals surface area (Å²) in [5, 5.41) is 13.1. The molecule has 1 saturated heterocycles. The Hall–Kier alpha value is -1.36. The minimum Gasteiger partial charge on any atom is -0.481 e. The van der Waals surface area contributed by atoms with Crippen molar-refractivity contribution in [3.8, 4) is 0 Å². The quantitative estimate of drug-likeness (QED) is 0.911. The summed E-state index contributed by atoms with van der Waals surface area (Å²) in [6.07, 6.45) is 1.78. The zero-order valence-electron chi connectivity index (χ0n) is 10.4. The van der Waals surface area contributed by atoms with E-state index in [1.807, 2.05) is 16.8 Å². The fourth-order valence-corrected chi connectivity index (χ4v) is 2.98. The van der Waals surface area contributed by atoms with Crippen molar-refractivity contribution in [3.63, 3.8) is 0 Å². The van der Waals surface area contributed by atoms with Crippen LogP contribution in [0.4, 0.5) is 0 Å². The van der Waals surface area contributed by atoms with Crippen LogP contribution in [-0.2, 0) is 16.0 Å². The van der Waals surface area contributed by atoms with E-state index in [9.17, 15) is 14.7 Å². The van der Waals surface area contributed by atoms with E-state index in [2.05, 4.69) is 0 Å². The predicted molar refractivity (Wildman–Crippen MR) is 69.6 cm³/mol. The normalized spacial score (nSPS) is 23.9. The molecule has 1 atom stereocenters. The lowest BCUT2D eigenvalue weighted by Gasteiger charge is -2.37. The van der Waals surface area contributed by atoms with E-state index in [0.717, 1.165) is 12.0 Å². The molecule has 1 aromatic heterocycles. The van der Waals surface area contributed by atoms with Crippen molar-refractivity contribution < 1.29 is 14.7 Å². The molecule has 18 heavy (non-hydrogen) atoms. The smallest absolute Gasteiger partial charge is 0.311 e. The van der Waals surface area contributed by atoms with E-state index >= 15 is 0 Å². The second-order valence-corrected chi connectivity index (χ2v) is 5.87. The number of carboxylic acids is 1. The van der Waals surface area contributed by atoms with Crippen molar-refractivity contribution in [3.05, 3.63) is 22.4 Å². The fourth-order valence-electron chi connectivity index (χ4n) is 2.31. The van der Waals surface area contributed by atoms with Crippen molar-refractivity contribution in [1.82, 2.24) is 4.90 Å². The van der Waals surface area contributed by atoms with Crippen LogP contribution in [0.15, 0.2) is 16.8 Å². The Morgan fingerprint density at radius 2 is 2.33 bits per heavy atom. The van der Waals surface area contributed by atoms with Gasteiger partial charge in [0.25, 0.3) is 0 Å². The largest absolute Gasteiger partial charge is 0.481 e. The van der Waals surface area contributed by atoms with Crippen LogP contribution >= 0.6 is 11.3 Å². The van der Waals surface area contributed by atoms with Crippen molar-refractivity contribution in [2.45, 2.75) is 26.2 Å². The number of likely N-dealkylation sites (tertiary alicyclic amines) is 1. The molecule has 5 heteroatoms. The van der Waals surface area contributed by atoms with E-state index in [0.29, 0.717) is 25.9 Å². The van der Waals surface area contributed by atoms with E-state index < -0.39 is 11.4 Å². The molecule has 2 rings (SSSR count). The van der Waals surface area contributed by atoms with Crippen molar-refractivity contribution >= 4 is 23.2 Å². The van der Waals surface area contributed by atoms with Crippen molar-refractivity contribution in [2.75, 3.05) is 13.1 Å². The number of rotatable bonds is 3. The van der Waals surface area contributed by atoms with Crippen LogP contribution in [0.1, 0.15) is 25.3 Å². The number of carbonyl (C=O) groups is 2. The predicted octanol–water partition coefficient (Wildman–Crippen LogP) is 2.00. The zero-order chi connectivity index (χ0) is 13.2. The van der Waals surface area contributed by atoms with Gasteiger partial charge in [-0.2, -0.15) is 11.3 Å². The summed E-state index contributed by atoms with van der Waals surface area (Å²) in [4.78, 5) is 25.0. The van der Waals surface area contributed by atoms with Crippen LogP contribution in [0.2, 0.25) is 0 Å². The van der Waals surface area contributed by atoms with Crippen LogP contribution in [0.5, 0.6) is 0 Å². The molecule has 98 valence electrons. The molecule has 0 aromatic carbocycles. The van der Waals surface area contributed by atoms with Gasteiger partial charge in [0.15, 0.2) is 0 Å². The number of carboxylic acid groups (broad SMARTS) is 1. The van der Waals surface area contributed by atoms with Crippen LogP contribution < -0.4 is 0 Å². The van der Waals surface area contributed by atoms with Crippen LogP contribution in [-0.4, -0.2) is 35.0 Å². The molecule has 0 radical (unpaired) electrons. The Morgan fingerprint density at radius 1 is 1.56 bits per heavy atom. The molecule has 4 nitrogen and oxygen atoms in total. The molecule has 1 amide bonds. The molecule has 0 bridgehead atoms. The zero-order valence-corrected chi connectivity index (χ0v) is 11.2. The van der Waals surface area contributed by atoms with Crippen molar-refractivity contribution in [1.29, 1.82) is 0 Å². The molecule has 0 aliphatic carbocycles. The lowest BCUT2D eigenvalue weighted by Crippen LogP contribution is -2.48. The minimum absolute atomic E-state index is 0.0283. The first-order chi connectivity index (χ1) is 8.51. The highest BCUT2D eigenvalue weighted by molar-refractivity contribution is 7.07. The van der Waals surface area contributed by atoms with Gasteiger partial charge < -0.3 is 10.0 Å². The first kappa shape index (κ1) is 13.1. The third kappa shape index (κ3) is 2.72. The number of hydrogen-bond donors (Lipinski definition) is 1. The van der Waals surface area contributed by atoms with E-state index in [4.69, 9.17) is 0 Å². The second kappa shape index (κ2) is 5.10. The topological polar surface area (TPSA) is 57.6 Å². The summed E-state index contributed by atoms with van der Waals surface area (Å²) < 4.78 is 0. The van der Waals surface area contributed by atoms with E-state index in [1.165, 1.54) is 0 Å². The van der Waals surface area contributed by atoms with E-state index in [1.54, 1.807) is 23.2 Å². The summed E-state index contributed by atoms with van der Waals surface area (Å²) in [6.45, 7) is 2.72. The van der Waals surface area contributed by atoms with Gasteiger partial charge in [0.2, 0.25) is 5.91 Å². The van der Waals surface area contributed by atoms with Crippen LogP contribution in [0.3, 0.4) is 0 Å². The van der Waals surface area contributed by atoms with Gasteiger partial charge in [0.1, 0.15) is 0 Å². The second-order valence-electron chi connectivity index (χ2n) is 5.09. The monoisotopic (exact) mass is 267 g/mol. The Bertz CT molecular complexity index is 443. The average Bonchev–Trinajstić information content (AvgIpc) is 2.81. The van der Waals surface area contributed by atoms with Gasteiger partial charge in [-0.15, -0.1) is 0 Å². The number of piperidine rings is 1. The van der Waals surface area contributed by atoms with Gasteiger partial charge >= 0.3 is 5.97 Å². The Kier molecular flexibility index (Phi) is 3.71. The summed E-state index contributed by atoms with van der Waals surface area (Å²) in [5.41, 5.74) is 0.218. The summed E-state index contributed by atoms with van der Waals surface area (Å²) in [6, 6.07) is 1.93. The maximum absolute atomic E-state index is 12.1. The molecular weight excluding hydrogens is 250 g/mol.